The lowest BCUT2D eigenvalue weighted by atomic mass is 10.2. The lowest BCUT2D eigenvalue weighted by molar-refractivity contribution is 0.346. The van der Waals surface area contributed by atoms with Crippen LogP contribution in [0.25, 0.3) is 0 Å². The van der Waals surface area contributed by atoms with Crippen molar-refractivity contribution < 1.29 is 4.39 Å². The fourth-order valence-electron chi connectivity index (χ4n) is 0.692. The Bertz CT molecular complexity index is 63.4. The first-order chi connectivity index (χ1) is 3.93. The van der Waals surface area contributed by atoms with Crippen molar-refractivity contribution in [2.75, 3.05) is 26.3 Å². The number of rotatable bonds is 3. The quantitative estimate of drug-likeness (QED) is 0.523. The summed E-state index contributed by atoms with van der Waals surface area (Å²) in [5.41, 5.74) is 0. The molecule has 0 aromatic heterocycles. The Labute approximate surface area is 48.5 Å². The van der Waals surface area contributed by atoms with Crippen LogP contribution in [0, 0.1) is 0 Å². The summed E-state index contributed by atoms with van der Waals surface area (Å²) in [7, 11) is 0. The van der Waals surface area contributed by atoms with E-state index in [1.807, 2.05) is 0 Å². The monoisotopic (exact) mass is 118 g/mol. The molecule has 1 fully saturated rings. The average molecular weight is 118 g/mol. The van der Waals surface area contributed by atoms with Gasteiger partial charge in [0.05, 0.1) is 0 Å². The molecule has 0 atom stereocenters. The highest BCUT2D eigenvalue weighted by atomic mass is 19.1. The van der Waals surface area contributed by atoms with Gasteiger partial charge in [-0.25, -0.2) is 4.39 Å². The zero-order valence-corrected chi connectivity index (χ0v) is 4.78. The summed E-state index contributed by atoms with van der Waals surface area (Å²) in [5.74, 6) is 0. The second-order valence-electron chi connectivity index (χ2n) is 2.00. The van der Waals surface area contributed by atoms with Gasteiger partial charge in [-0.3, -0.25) is 0 Å². The van der Waals surface area contributed by atoms with Gasteiger partial charge in [0.15, 0.2) is 0 Å². The van der Waals surface area contributed by atoms with Gasteiger partial charge in [-0.1, -0.05) is 0 Å². The van der Waals surface area contributed by atoms with Crippen molar-refractivity contribution in [2.24, 2.45) is 0 Å². The van der Waals surface area contributed by atoms with Crippen LogP contribution in [-0.4, -0.2) is 32.4 Å². The minimum absolute atomic E-state index is 0.253. The maximum Gasteiger partial charge on any atom is 0.102 e. The van der Waals surface area contributed by atoms with Crippen molar-refractivity contribution in [2.45, 2.75) is 6.04 Å². The fraction of sp³-hybridized carbons (Fsp3) is 1.00. The molecule has 0 aliphatic carbocycles. The van der Waals surface area contributed by atoms with E-state index in [0.29, 0.717) is 12.6 Å². The summed E-state index contributed by atoms with van der Waals surface area (Å²) >= 11 is 0. The molecule has 0 spiro atoms. The minimum Gasteiger partial charge on any atom is -0.314 e. The number of hydrogen-bond donors (Lipinski definition) is 2. The molecule has 0 unspecified atom stereocenters. The standard InChI is InChI=1S/C5H11FN2/c6-1-2-8-5-3-7-4-5/h5,7-8H,1-4H2. The maximum atomic E-state index is 11.4. The van der Waals surface area contributed by atoms with Crippen LogP contribution in [0.5, 0.6) is 0 Å². The average Bonchev–Trinajstić information content (AvgIpc) is 1.63. The Morgan fingerprint density at radius 3 is 2.75 bits per heavy atom. The van der Waals surface area contributed by atoms with Crippen LogP contribution in [0.3, 0.4) is 0 Å². The van der Waals surface area contributed by atoms with Gasteiger partial charge in [0.1, 0.15) is 6.67 Å². The number of nitrogens with one attached hydrogen (secondary N) is 2. The zero-order chi connectivity index (χ0) is 5.82. The van der Waals surface area contributed by atoms with Gasteiger partial charge < -0.3 is 10.6 Å². The van der Waals surface area contributed by atoms with Gasteiger partial charge >= 0.3 is 0 Å². The van der Waals surface area contributed by atoms with Crippen molar-refractivity contribution >= 4 is 0 Å². The van der Waals surface area contributed by atoms with Crippen molar-refractivity contribution in [3.05, 3.63) is 0 Å². The molecular formula is C5H11FN2. The molecular weight excluding hydrogens is 107 g/mol. The third-order valence-electron chi connectivity index (χ3n) is 1.31. The van der Waals surface area contributed by atoms with Crippen molar-refractivity contribution in [3.63, 3.8) is 0 Å². The van der Waals surface area contributed by atoms with Crippen LogP contribution >= 0.6 is 0 Å². The van der Waals surface area contributed by atoms with E-state index in [-0.39, 0.29) is 6.67 Å². The molecule has 1 heterocycles. The second kappa shape index (κ2) is 2.99. The fourth-order valence-corrected chi connectivity index (χ4v) is 0.692. The van der Waals surface area contributed by atoms with Crippen LogP contribution in [0.1, 0.15) is 0 Å². The topological polar surface area (TPSA) is 24.1 Å². The Morgan fingerprint density at radius 1 is 1.62 bits per heavy atom. The highest BCUT2D eigenvalue weighted by Gasteiger charge is 2.14. The molecule has 1 rings (SSSR count). The highest BCUT2D eigenvalue weighted by molar-refractivity contribution is 4.80. The summed E-state index contributed by atoms with van der Waals surface area (Å²) in [6.07, 6.45) is 0. The summed E-state index contributed by atoms with van der Waals surface area (Å²) in [6, 6.07) is 0.533. The third kappa shape index (κ3) is 1.42. The number of hydrogen-bond acceptors (Lipinski definition) is 2. The number of alkyl halides is 1. The largest absolute Gasteiger partial charge is 0.314 e. The van der Waals surface area contributed by atoms with Crippen LogP contribution in [-0.2, 0) is 0 Å². The van der Waals surface area contributed by atoms with Crippen LogP contribution < -0.4 is 10.6 Å². The predicted molar refractivity (Wildman–Crippen MR) is 30.6 cm³/mol. The van der Waals surface area contributed by atoms with Gasteiger partial charge in [-0.05, 0) is 0 Å². The van der Waals surface area contributed by atoms with E-state index in [2.05, 4.69) is 10.6 Å². The normalized spacial score (nSPS) is 20.6. The van der Waals surface area contributed by atoms with Crippen LogP contribution in [0.15, 0.2) is 0 Å². The summed E-state index contributed by atoms with van der Waals surface area (Å²) < 4.78 is 11.4. The third-order valence-corrected chi connectivity index (χ3v) is 1.31. The lowest BCUT2D eigenvalue weighted by Crippen LogP contribution is -2.55. The Morgan fingerprint density at radius 2 is 2.38 bits per heavy atom. The first-order valence-corrected chi connectivity index (χ1v) is 2.93. The lowest BCUT2D eigenvalue weighted by Gasteiger charge is -2.27. The zero-order valence-electron chi connectivity index (χ0n) is 4.78. The van der Waals surface area contributed by atoms with Gasteiger partial charge in [-0.2, -0.15) is 0 Å². The maximum absolute atomic E-state index is 11.4. The Kier molecular flexibility index (Phi) is 2.24. The van der Waals surface area contributed by atoms with E-state index in [0.717, 1.165) is 13.1 Å². The van der Waals surface area contributed by atoms with Gasteiger partial charge in [0.25, 0.3) is 0 Å². The smallest absolute Gasteiger partial charge is 0.102 e. The second-order valence-corrected chi connectivity index (χ2v) is 2.00. The molecule has 48 valence electrons. The van der Waals surface area contributed by atoms with Crippen LogP contribution in [0.2, 0.25) is 0 Å². The van der Waals surface area contributed by atoms with Gasteiger partial charge in [0, 0.05) is 25.7 Å². The molecule has 0 amide bonds. The molecule has 2 N–H and O–H groups in total. The minimum atomic E-state index is -0.253. The van der Waals surface area contributed by atoms with Crippen LogP contribution in [0.4, 0.5) is 4.39 Å². The van der Waals surface area contributed by atoms with E-state index in [4.69, 9.17) is 0 Å². The van der Waals surface area contributed by atoms with Crippen molar-refractivity contribution in [3.8, 4) is 0 Å². The summed E-state index contributed by atoms with van der Waals surface area (Å²) in [4.78, 5) is 0. The molecule has 0 saturated carbocycles. The number of halogens is 1. The van der Waals surface area contributed by atoms with Gasteiger partial charge in [-0.15, -0.1) is 0 Å². The summed E-state index contributed by atoms with van der Waals surface area (Å²) in [6.45, 7) is 2.25. The first kappa shape index (κ1) is 5.98. The molecule has 0 aromatic carbocycles. The van der Waals surface area contributed by atoms with E-state index in [1.165, 1.54) is 0 Å². The molecule has 3 heteroatoms. The Hall–Kier alpha value is -0.150. The molecule has 0 radical (unpaired) electrons. The Balaban J connectivity index is 1.86. The molecule has 2 nitrogen and oxygen atoms in total. The van der Waals surface area contributed by atoms with E-state index < -0.39 is 0 Å². The van der Waals surface area contributed by atoms with Gasteiger partial charge in [0.2, 0.25) is 0 Å². The summed E-state index contributed by atoms with van der Waals surface area (Å²) in [5, 5.41) is 6.12. The molecule has 1 aliphatic heterocycles. The van der Waals surface area contributed by atoms with Crippen molar-refractivity contribution in [1.29, 1.82) is 0 Å². The van der Waals surface area contributed by atoms with E-state index >= 15 is 0 Å². The molecule has 8 heavy (non-hydrogen) atoms. The van der Waals surface area contributed by atoms with Crippen molar-refractivity contribution in [1.82, 2.24) is 10.6 Å². The molecule has 0 bridgehead atoms. The van der Waals surface area contributed by atoms with E-state index in [1.54, 1.807) is 0 Å². The molecule has 0 aromatic rings. The van der Waals surface area contributed by atoms with E-state index in [9.17, 15) is 4.39 Å². The highest BCUT2D eigenvalue weighted by Crippen LogP contribution is 1.88. The molecule has 1 saturated heterocycles. The predicted octanol–water partition coefficient (Wildman–Crippen LogP) is -0.483. The molecule has 1 aliphatic rings. The first-order valence-electron chi connectivity index (χ1n) is 2.93. The SMILES string of the molecule is FCCNC1CNC1.